The van der Waals surface area contributed by atoms with Gasteiger partial charge in [-0.3, -0.25) is 4.90 Å². The quantitative estimate of drug-likeness (QED) is 0.788. The number of likely N-dealkylation sites (tertiary alicyclic amines) is 1. The van der Waals surface area contributed by atoms with Gasteiger partial charge < -0.3 is 10.1 Å². The summed E-state index contributed by atoms with van der Waals surface area (Å²) in [5, 5.41) is 3.13. The Morgan fingerprint density at radius 2 is 1.62 bits per heavy atom. The number of piperidine rings is 1. The van der Waals surface area contributed by atoms with Gasteiger partial charge in [0.25, 0.3) is 0 Å². The Hall–Kier alpha value is -2.21. The molecule has 26 heavy (non-hydrogen) atoms. The Bertz CT molecular complexity index is 683. The smallest absolute Gasteiger partial charge is 0.404 e. The van der Waals surface area contributed by atoms with Gasteiger partial charge >= 0.3 is 6.36 Å². The lowest BCUT2D eigenvalue weighted by molar-refractivity contribution is -0.274. The Kier molecular flexibility index (Phi) is 6.04. The van der Waals surface area contributed by atoms with Crippen LogP contribution in [0, 0.1) is 5.92 Å². The van der Waals surface area contributed by atoms with Crippen LogP contribution in [0.25, 0.3) is 0 Å². The van der Waals surface area contributed by atoms with Crippen LogP contribution < -0.4 is 10.1 Å². The van der Waals surface area contributed by atoms with E-state index in [2.05, 4.69) is 27.1 Å². The molecule has 0 unspecified atom stereocenters. The number of hydrogen-bond donors (Lipinski definition) is 1. The van der Waals surface area contributed by atoms with E-state index in [1.807, 2.05) is 18.2 Å². The first-order valence-electron chi connectivity index (χ1n) is 8.84. The molecule has 0 radical (unpaired) electrons. The minimum atomic E-state index is -4.68. The van der Waals surface area contributed by atoms with Crippen LogP contribution in [-0.4, -0.2) is 30.9 Å². The van der Waals surface area contributed by atoms with Crippen LogP contribution in [0.5, 0.6) is 5.75 Å². The van der Waals surface area contributed by atoms with E-state index < -0.39 is 6.36 Å². The van der Waals surface area contributed by atoms with Crippen molar-refractivity contribution in [3.8, 4) is 5.75 Å². The molecule has 0 saturated carbocycles. The fourth-order valence-electron chi connectivity index (χ4n) is 3.27. The molecule has 1 heterocycles. The lowest BCUT2D eigenvalue weighted by Gasteiger charge is -2.32. The maximum absolute atomic E-state index is 12.5. The molecule has 1 saturated heterocycles. The summed E-state index contributed by atoms with van der Waals surface area (Å²) in [6.07, 6.45) is -2.62. The van der Waals surface area contributed by atoms with Crippen molar-refractivity contribution in [1.82, 2.24) is 4.90 Å². The molecular weight excluding hydrogens is 341 g/mol. The van der Waals surface area contributed by atoms with Gasteiger partial charge in [0.2, 0.25) is 0 Å². The van der Waals surface area contributed by atoms with Crippen LogP contribution in [0.4, 0.5) is 18.9 Å². The van der Waals surface area contributed by atoms with Crippen molar-refractivity contribution in [3.05, 3.63) is 60.2 Å². The summed E-state index contributed by atoms with van der Waals surface area (Å²) in [5.41, 5.74) is 1.69. The molecule has 0 bridgehead atoms. The number of benzene rings is 2. The summed E-state index contributed by atoms with van der Waals surface area (Å²) in [6, 6.07) is 16.6. The van der Waals surface area contributed by atoms with Gasteiger partial charge in [-0.2, -0.15) is 0 Å². The van der Waals surface area contributed by atoms with E-state index in [9.17, 15) is 13.2 Å². The Morgan fingerprint density at radius 1 is 0.962 bits per heavy atom. The lowest BCUT2D eigenvalue weighted by Crippen LogP contribution is -2.35. The number of halogens is 3. The van der Waals surface area contributed by atoms with Crippen molar-refractivity contribution >= 4 is 5.69 Å². The van der Waals surface area contributed by atoms with E-state index in [1.165, 1.54) is 17.7 Å². The molecular formula is C20H23F3N2O. The van der Waals surface area contributed by atoms with E-state index in [4.69, 9.17) is 0 Å². The van der Waals surface area contributed by atoms with Crippen molar-refractivity contribution in [2.45, 2.75) is 25.7 Å². The van der Waals surface area contributed by atoms with Crippen LogP contribution in [-0.2, 0) is 6.54 Å². The van der Waals surface area contributed by atoms with Crippen LogP contribution >= 0.6 is 0 Å². The van der Waals surface area contributed by atoms with Gasteiger partial charge in [-0.25, -0.2) is 0 Å². The normalized spacial score (nSPS) is 16.4. The van der Waals surface area contributed by atoms with Crippen molar-refractivity contribution in [2.75, 3.05) is 25.0 Å². The van der Waals surface area contributed by atoms with Gasteiger partial charge in [-0.05, 0) is 49.5 Å². The molecule has 0 amide bonds. The van der Waals surface area contributed by atoms with Crippen LogP contribution in [0.1, 0.15) is 18.4 Å². The number of hydrogen-bond acceptors (Lipinski definition) is 3. The summed E-state index contributed by atoms with van der Waals surface area (Å²) in [6.45, 7) is 3.60. The summed E-state index contributed by atoms with van der Waals surface area (Å²) >= 11 is 0. The fraction of sp³-hybridized carbons (Fsp3) is 0.400. The first kappa shape index (κ1) is 18.6. The molecule has 1 aliphatic heterocycles. The van der Waals surface area contributed by atoms with Gasteiger partial charge in [0.15, 0.2) is 5.75 Å². The van der Waals surface area contributed by atoms with Gasteiger partial charge in [-0.1, -0.05) is 42.5 Å². The number of anilines is 1. The molecule has 140 valence electrons. The highest BCUT2D eigenvalue weighted by molar-refractivity contribution is 5.56. The molecule has 3 rings (SSSR count). The van der Waals surface area contributed by atoms with Crippen molar-refractivity contribution in [2.24, 2.45) is 5.92 Å². The molecule has 3 nitrogen and oxygen atoms in total. The third-order valence-electron chi connectivity index (χ3n) is 4.65. The highest BCUT2D eigenvalue weighted by Gasteiger charge is 2.32. The Balaban J connectivity index is 1.47. The van der Waals surface area contributed by atoms with Crippen molar-refractivity contribution in [1.29, 1.82) is 0 Å². The number of ether oxygens (including phenoxy) is 1. The zero-order valence-electron chi connectivity index (χ0n) is 14.5. The average Bonchev–Trinajstić information content (AvgIpc) is 2.62. The van der Waals surface area contributed by atoms with Crippen LogP contribution in [0.3, 0.4) is 0 Å². The molecule has 0 aromatic heterocycles. The number of nitrogens with one attached hydrogen (secondary N) is 1. The third-order valence-corrected chi connectivity index (χ3v) is 4.65. The molecule has 6 heteroatoms. The lowest BCUT2D eigenvalue weighted by atomic mass is 9.96. The molecule has 0 spiro atoms. The summed E-state index contributed by atoms with van der Waals surface area (Å²) in [5.74, 6) is 0.266. The minimum Gasteiger partial charge on any atom is -0.404 e. The van der Waals surface area contributed by atoms with E-state index in [-0.39, 0.29) is 5.75 Å². The summed E-state index contributed by atoms with van der Waals surface area (Å²) in [7, 11) is 0. The topological polar surface area (TPSA) is 24.5 Å². The largest absolute Gasteiger partial charge is 0.573 e. The third kappa shape index (κ3) is 5.66. The van der Waals surface area contributed by atoms with E-state index in [0.29, 0.717) is 18.2 Å². The van der Waals surface area contributed by atoms with Gasteiger partial charge in [0.1, 0.15) is 0 Å². The summed E-state index contributed by atoms with van der Waals surface area (Å²) < 4.78 is 41.5. The van der Waals surface area contributed by atoms with Crippen LogP contribution in [0.15, 0.2) is 54.6 Å². The summed E-state index contributed by atoms with van der Waals surface area (Å²) in [4.78, 5) is 2.42. The van der Waals surface area contributed by atoms with E-state index in [1.54, 1.807) is 12.1 Å². The van der Waals surface area contributed by atoms with Gasteiger partial charge in [-0.15, -0.1) is 13.2 Å². The highest BCUT2D eigenvalue weighted by Crippen LogP contribution is 2.30. The molecule has 2 aromatic carbocycles. The second-order valence-electron chi connectivity index (χ2n) is 6.63. The monoisotopic (exact) mass is 364 g/mol. The maximum Gasteiger partial charge on any atom is 0.573 e. The molecule has 0 atom stereocenters. The molecule has 0 aliphatic carbocycles. The van der Waals surface area contributed by atoms with Crippen molar-refractivity contribution in [3.63, 3.8) is 0 Å². The predicted molar refractivity (Wildman–Crippen MR) is 96.1 cm³/mol. The number of para-hydroxylation sites is 2. The average molecular weight is 364 g/mol. The number of alkyl halides is 3. The predicted octanol–water partition coefficient (Wildman–Crippen LogP) is 4.91. The number of rotatable bonds is 6. The number of nitrogens with zero attached hydrogens (tertiary/aromatic N) is 1. The Labute approximate surface area is 151 Å². The zero-order chi connectivity index (χ0) is 18.4. The maximum atomic E-state index is 12.5. The fourth-order valence-corrected chi connectivity index (χ4v) is 3.27. The molecule has 1 aliphatic rings. The Morgan fingerprint density at radius 3 is 2.31 bits per heavy atom. The standard InChI is InChI=1S/C20H23F3N2O/c21-20(22,23)26-19-9-5-4-8-18(19)24-14-16-10-12-25(13-11-16)15-17-6-2-1-3-7-17/h1-9,16,24H,10-15H2. The SMILES string of the molecule is FC(F)(F)Oc1ccccc1NCC1CCN(Cc2ccccc2)CC1. The molecule has 2 aromatic rings. The molecule has 1 N–H and O–H groups in total. The second kappa shape index (κ2) is 8.45. The van der Waals surface area contributed by atoms with E-state index in [0.717, 1.165) is 32.5 Å². The first-order valence-corrected chi connectivity index (χ1v) is 8.84. The van der Waals surface area contributed by atoms with Crippen LogP contribution in [0.2, 0.25) is 0 Å². The van der Waals surface area contributed by atoms with Gasteiger partial charge in [0.05, 0.1) is 5.69 Å². The second-order valence-corrected chi connectivity index (χ2v) is 6.63. The highest BCUT2D eigenvalue weighted by atomic mass is 19.4. The van der Waals surface area contributed by atoms with E-state index >= 15 is 0 Å². The first-order chi connectivity index (χ1) is 12.5. The zero-order valence-corrected chi connectivity index (χ0v) is 14.5. The van der Waals surface area contributed by atoms with Gasteiger partial charge in [0, 0.05) is 13.1 Å². The minimum absolute atomic E-state index is 0.179. The molecule has 1 fully saturated rings. The van der Waals surface area contributed by atoms with Crippen molar-refractivity contribution < 1.29 is 17.9 Å².